The van der Waals surface area contributed by atoms with Crippen LogP contribution in [0.2, 0.25) is 0 Å². The molecule has 0 saturated carbocycles. The standard InChI is InChI=1S/C35H41N3O.2ClH/c1-27-9-11-29(12-10-27)25-37-19-15-28(16-20-37)5-4-8-35(39)33-14-13-31-17-21-38(22-18-32(31)24-33)26-30-6-3-7-34(23-30)36-2;;/h3,6-7,9-14,23-24,28H,4-5,8,15-22,25-26H2,1H3;2*1H. The summed E-state index contributed by atoms with van der Waals surface area (Å²) < 4.78 is 0. The SMILES string of the molecule is Cl.Cl.[C-]#[N+]c1cccc(CN2CCc3ccc(C(=O)CCCC4CCN(Cc5ccc(C)cc5)CC4)cc3CC2)c1. The van der Waals surface area contributed by atoms with Crippen LogP contribution in [-0.2, 0) is 25.9 Å². The van der Waals surface area contributed by atoms with E-state index in [1.165, 1.54) is 60.2 Å². The summed E-state index contributed by atoms with van der Waals surface area (Å²) in [6.07, 6.45) is 7.30. The fraction of sp³-hybridized carbons (Fsp3) is 0.429. The van der Waals surface area contributed by atoms with Crippen molar-refractivity contribution in [3.63, 3.8) is 0 Å². The minimum Gasteiger partial charge on any atom is -0.299 e. The lowest BCUT2D eigenvalue weighted by molar-refractivity contribution is 0.0974. The van der Waals surface area contributed by atoms with Gasteiger partial charge in [-0.3, -0.25) is 14.6 Å². The van der Waals surface area contributed by atoms with E-state index in [1.54, 1.807) is 0 Å². The Balaban J connectivity index is 0.00000231. The molecular formula is C35H43Cl2N3O. The van der Waals surface area contributed by atoms with Gasteiger partial charge in [-0.05, 0) is 92.8 Å². The molecule has 2 heterocycles. The lowest BCUT2D eigenvalue weighted by atomic mass is 9.90. The number of aryl methyl sites for hydroxylation is 1. The topological polar surface area (TPSA) is 27.9 Å². The molecule has 0 bridgehead atoms. The average Bonchev–Trinajstić information content (AvgIpc) is 3.17. The first-order valence-electron chi connectivity index (χ1n) is 14.7. The molecular weight excluding hydrogens is 549 g/mol. The van der Waals surface area contributed by atoms with E-state index in [9.17, 15) is 4.79 Å². The molecule has 41 heavy (non-hydrogen) atoms. The Labute approximate surface area is 258 Å². The van der Waals surface area contributed by atoms with E-state index in [1.807, 2.05) is 18.2 Å². The van der Waals surface area contributed by atoms with Gasteiger partial charge in [0.1, 0.15) is 0 Å². The predicted molar refractivity (Wildman–Crippen MR) is 174 cm³/mol. The van der Waals surface area contributed by atoms with Gasteiger partial charge in [-0.15, -0.1) is 24.8 Å². The number of carbonyl (C=O) groups excluding carboxylic acids is 1. The van der Waals surface area contributed by atoms with Crippen LogP contribution in [0.15, 0.2) is 66.7 Å². The van der Waals surface area contributed by atoms with Gasteiger partial charge in [0.05, 0.1) is 6.57 Å². The van der Waals surface area contributed by atoms with Crippen molar-refractivity contribution in [3.8, 4) is 0 Å². The van der Waals surface area contributed by atoms with Gasteiger partial charge >= 0.3 is 0 Å². The first-order chi connectivity index (χ1) is 19.1. The van der Waals surface area contributed by atoms with Gasteiger partial charge in [-0.1, -0.05) is 66.2 Å². The minimum absolute atomic E-state index is 0. The number of likely N-dealkylation sites (tertiary alicyclic amines) is 1. The van der Waals surface area contributed by atoms with Crippen LogP contribution in [0.4, 0.5) is 5.69 Å². The second-order valence-electron chi connectivity index (χ2n) is 11.6. The number of halogens is 2. The summed E-state index contributed by atoms with van der Waals surface area (Å²) in [5.74, 6) is 1.05. The van der Waals surface area contributed by atoms with Crippen molar-refractivity contribution >= 4 is 36.3 Å². The first kappa shape index (κ1) is 32.8. The Kier molecular flexibility index (Phi) is 12.9. The van der Waals surface area contributed by atoms with Crippen molar-refractivity contribution in [1.82, 2.24) is 9.80 Å². The molecule has 4 nitrogen and oxygen atoms in total. The molecule has 1 fully saturated rings. The molecule has 2 aliphatic heterocycles. The highest BCUT2D eigenvalue weighted by Crippen LogP contribution is 2.25. The molecule has 6 heteroatoms. The van der Waals surface area contributed by atoms with Gasteiger partial charge in [0.2, 0.25) is 0 Å². The molecule has 218 valence electrons. The van der Waals surface area contributed by atoms with E-state index in [2.05, 4.69) is 70.1 Å². The fourth-order valence-corrected chi connectivity index (χ4v) is 6.17. The van der Waals surface area contributed by atoms with Crippen LogP contribution in [-0.4, -0.2) is 41.8 Å². The van der Waals surface area contributed by atoms with Crippen molar-refractivity contribution in [2.45, 2.75) is 65.0 Å². The van der Waals surface area contributed by atoms with E-state index in [4.69, 9.17) is 6.57 Å². The van der Waals surface area contributed by atoms with Crippen LogP contribution in [0, 0.1) is 19.4 Å². The van der Waals surface area contributed by atoms with E-state index in [0.29, 0.717) is 17.9 Å². The first-order valence-corrected chi connectivity index (χ1v) is 14.7. The molecule has 1 saturated heterocycles. The van der Waals surface area contributed by atoms with Gasteiger partial charge in [0, 0.05) is 38.2 Å². The molecule has 0 radical (unpaired) electrons. The number of fused-ring (bicyclic) bond motifs is 1. The lowest BCUT2D eigenvalue weighted by Gasteiger charge is -2.32. The zero-order valence-corrected chi connectivity index (χ0v) is 25.8. The number of rotatable bonds is 9. The maximum atomic E-state index is 13.1. The molecule has 0 aliphatic carbocycles. The van der Waals surface area contributed by atoms with Crippen molar-refractivity contribution in [1.29, 1.82) is 0 Å². The summed E-state index contributed by atoms with van der Waals surface area (Å²) in [5, 5.41) is 0. The predicted octanol–water partition coefficient (Wildman–Crippen LogP) is 8.26. The molecule has 0 spiro atoms. The van der Waals surface area contributed by atoms with Gasteiger partial charge in [0.15, 0.2) is 11.5 Å². The lowest BCUT2D eigenvalue weighted by Crippen LogP contribution is -2.33. The van der Waals surface area contributed by atoms with Gasteiger partial charge in [-0.25, -0.2) is 4.85 Å². The highest BCUT2D eigenvalue weighted by molar-refractivity contribution is 5.96. The molecule has 0 aromatic heterocycles. The van der Waals surface area contributed by atoms with Gasteiger partial charge in [-0.2, -0.15) is 0 Å². The molecule has 5 rings (SSSR count). The highest BCUT2D eigenvalue weighted by Gasteiger charge is 2.20. The van der Waals surface area contributed by atoms with Crippen LogP contribution in [0.5, 0.6) is 0 Å². The number of hydrogen-bond acceptors (Lipinski definition) is 3. The van der Waals surface area contributed by atoms with Crippen LogP contribution in [0.25, 0.3) is 4.85 Å². The number of piperidine rings is 1. The van der Waals surface area contributed by atoms with Crippen LogP contribution in [0.1, 0.15) is 70.3 Å². The van der Waals surface area contributed by atoms with E-state index >= 15 is 0 Å². The third-order valence-corrected chi connectivity index (χ3v) is 8.62. The van der Waals surface area contributed by atoms with Crippen molar-refractivity contribution in [3.05, 3.63) is 112 Å². The van der Waals surface area contributed by atoms with Crippen molar-refractivity contribution in [2.24, 2.45) is 5.92 Å². The monoisotopic (exact) mass is 591 g/mol. The second kappa shape index (κ2) is 16.1. The molecule has 0 unspecified atom stereocenters. The van der Waals surface area contributed by atoms with Crippen molar-refractivity contribution in [2.75, 3.05) is 26.2 Å². The summed E-state index contributed by atoms with van der Waals surface area (Å²) in [6.45, 7) is 15.6. The zero-order chi connectivity index (χ0) is 27.0. The summed E-state index contributed by atoms with van der Waals surface area (Å²) in [4.78, 5) is 21.7. The Morgan fingerprint density at radius 3 is 2.24 bits per heavy atom. The molecule has 0 atom stereocenters. The molecule has 3 aromatic rings. The molecule has 0 N–H and O–H groups in total. The Hall–Kier alpha value is -2.68. The Bertz CT molecular complexity index is 1310. The summed E-state index contributed by atoms with van der Waals surface area (Å²) in [7, 11) is 0. The fourth-order valence-electron chi connectivity index (χ4n) is 6.17. The molecule has 0 amide bonds. The smallest absolute Gasteiger partial charge is 0.187 e. The average molecular weight is 593 g/mol. The van der Waals surface area contributed by atoms with Crippen LogP contribution >= 0.6 is 24.8 Å². The summed E-state index contributed by atoms with van der Waals surface area (Å²) >= 11 is 0. The normalized spacial score (nSPS) is 16.0. The van der Waals surface area contributed by atoms with Crippen LogP contribution < -0.4 is 0 Å². The van der Waals surface area contributed by atoms with Gasteiger partial charge < -0.3 is 0 Å². The second-order valence-corrected chi connectivity index (χ2v) is 11.6. The summed E-state index contributed by atoms with van der Waals surface area (Å²) in [5.41, 5.74) is 8.23. The molecule has 3 aromatic carbocycles. The zero-order valence-electron chi connectivity index (χ0n) is 24.2. The molecule has 2 aliphatic rings. The third-order valence-electron chi connectivity index (χ3n) is 8.62. The number of nitrogens with zero attached hydrogens (tertiary/aromatic N) is 3. The maximum Gasteiger partial charge on any atom is 0.187 e. The number of carbonyl (C=O) groups is 1. The van der Waals surface area contributed by atoms with E-state index in [0.717, 1.165) is 56.9 Å². The van der Waals surface area contributed by atoms with Crippen molar-refractivity contribution < 1.29 is 4.79 Å². The Morgan fingerprint density at radius 1 is 0.829 bits per heavy atom. The minimum atomic E-state index is 0. The quantitative estimate of drug-likeness (QED) is 0.185. The van der Waals surface area contributed by atoms with E-state index in [-0.39, 0.29) is 24.8 Å². The van der Waals surface area contributed by atoms with Crippen LogP contribution in [0.3, 0.4) is 0 Å². The van der Waals surface area contributed by atoms with Gasteiger partial charge in [0.25, 0.3) is 0 Å². The summed E-state index contributed by atoms with van der Waals surface area (Å²) in [6, 6.07) is 23.3. The number of benzene rings is 3. The largest absolute Gasteiger partial charge is 0.299 e. The number of ketones is 1. The highest BCUT2D eigenvalue weighted by atomic mass is 35.5. The third kappa shape index (κ3) is 9.42. The number of Topliss-reactive ketones (excluding diaryl/α,β-unsaturated/α-hetero) is 1. The van der Waals surface area contributed by atoms with E-state index < -0.39 is 0 Å². The number of hydrogen-bond donors (Lipinski definition) is 0. The maximum absolute atomic E-state index is 13.1. The Morgan fingerprint density at radius 2 is 1.51 bits per heavy atom.